The fourth-order valence-electron chi connectivity index (χ4n) is 2.15. The second-order valence-corrected chi connectivity index (χ2v) is 5.30. The number of nitrogens with one attached hydrogen (secondary N) is 1. The maximum atomic E-state index is 5.76. The zero-order valence-electron chi connectivity index (χ0n) is 12.2. The first-order valence-electron chi connectivity index (χ1n) is 7.16. The van der Waals surface area contributed by atoms with Gasteiger partial charge in [-0.25, -0.2) is 0 Å². The van der Waals surface area contributed by atoms with Crippen LogP contribution in [-0.2, 0) is 0 Å². The van der Waals surface area contributed by atoms with E-state index in [4.69, 9.17) is 5.73 Å². The first kappa shape index (κ1) is 14.7. The van der Waals surface area contributed by atoms with Crippen LogP contribution in [-0.4, -0.2) is 17.6 Å². The van der Waals surface area contributed by atoms with Crippen molar-refractivity contribution >= 4 is 0 Å². The maximum absolute atomic E-state index is 5.76. The average Bonchev–Trinajstić information content (AvgIpc) is 2.48. The smallest absolute Gasteiger partial charge is 0.0291 e. The molecule has 0 saturated carbocycles. The largest absolute Gasteiger partial charge is 0.328 e. The Labute approximate surface area is 121 Å². The fourth-order valence-corrected chi connectivity index (χ4v) is 2.15. The standard InChI is InChI=1S/C17H23N3/c1-13(18)7-12-20-14(2)15-3-5-16(6-4-15)17-8-10-19-11-9-17/h3-6,8-11,13-14,20H,7,12,18H2,1-2H3. The SMILES string of the molecule is CC(N)CCNC(C)c1ccc(-c2ccncc2)cc1. The van der Waals surface area contributed by atoms with Crippen LogP contribution in [0.3, 0.4) is 0 Å². The van der Waals surface area contributed by atoms with E-state index in [2.05, 4.69) is 41.5 Å². The van der Waals surface area contributed by atoms with Gasteiger partial charge in [-0.05, 0) is 55.6 Å². The van der Waals surface area contributed by atoms with E-state index in [0.29, 0.717) is 6.04 Å². The fraction of sp³-hybridized carbons (Fsp3) is 0.353. The minimum absolute atomic E-state index is 0.253. The molecule has 3 heteroatoms. The molecule has 0 saturated heterocycles. The molecule has 2 rings (SSSR count). The molecule has 20 heavy (non-hydrogen) atoms. The lowest BCUT2D eigenvalue weighted by atomic mass is 10.0. The van der Waals surface area contributed by atoms with Crippen LogP contribution >= 0.6 is 0 Å². The maximum Gasteiger partial charge on any atom is 0.0291 e. The van der Waals surface area contributed by atoms with Crippen molar-refractivity contribution in [2.75, 3.05) is 6.54 Å². The summed E-state index contributed by atoms with van der Waals surface area (Å²) < 4.78 is 0. The van der Waals surface area contributed by atoms with Crippen molar-refractivity contribution in [2.45, 2.75) is 32.4 Å². The lowest BCUT2D eigenvalue weighted by molar-refractivity contribution is 0.529. The molecule has 0 bridgehead atoms. The van der Waals surface area contributed by atoms with E-state index in [1.807, 2.05) is 31.5 Å². The highest BCUT2D eigenvalue weighted by molar-refractivity contribution is 5.62. The molecule has 0 radical (unpaired) electrons. The summed E-state index contributed by atoms with van der Waals surface area (Å²) in [6.45, 7) is 5.17. The van der Waals surface area contributed by atoms with Crippen LogP contribution < -0.4 is 11.1 Å². The van der Waals surface area contributed by atoms with Crippen molar-refractivity contribution in [2.24, 2.45) is 5.73 Å². The van der Waals surface area contributed by atoms with E-state index in [1.54, 1.807) is 0 Å². The first-order valence-corrected chi connectivity index (χ1v) is 7.16. The predicted octanol–water partition coefficient (Wildman–Crippen LogP) is 3.14. The van der Waals surface area contributed by atoms with Crippen LogP contribution in [0.2, 0.25) is 0 Å². The van der Waals surface area contributed by atoms with Crippen molar-refractivity contribution < 1.29 is 0 Å². The molecule has 2 atom stereocenters. The number of benzene rings is 1. The lowest BCUT2D eigenvalue weighted by Gasteiger charge is -2.15. The molecule has 106 valence electrons. The molecule has 1 aromatic carbocycles. The number of hydrogen-bond acceptors (Lipinski definition) is 3. The molecule has 1 aromatic heterocycles. The van der Waals surface area contributed by atoms with Gasteiger partial charge in [-0.2, -0.15) is 0 Å². The van der Waals surface area contributed by atoms with Gasteiger partial charge in [-0.3, -0.25) is 4.98 Å². The van der Waals surface area contributed by atoms with Crippen molar-refractivity contribution in [3.05, 3.63) is 54.4 Å². The first-order chi connectivity index (χ1) is 9.66. The predicted molar refractivity (Wildman–Crippen MR) is 84.4 cm³/mol. The van der Waals surface area contributed by atoms with E-state index in [-0.39, 0.29) is 6.04 Å². The molecule has 0 spiro atoms. The molecule has 3 N–H and O–H groups in total. The number of pyridine rings is 1. The summed E-state index contributed by atoms with van der Waals surface area (Å²) in [5.74, 6) is 0. The summed E-state index contributed by atoms with van der Waals surface area (Å²) in [5.41, 5.74) is 9.47. The Kier molecular flexibility index (Phi) is 5.27. The zero-order chi connectivity index (χ0) is 14.4. The van der Waals surface area contributed by atoms with E-state index in [0.717, 1.165) is 13.0 Å². The molecule has 2 aromatic rings. The Morgan fingerprint density at radius 3 is 2.20 bits per heavy atom. The summed E-state index contributed by atoms with van der Waals surface area (Å²) in [4.78, 5) is 4.04. The van der Waals surface area contributed by atoms with Gasteiger partial charge >= 0.3 is 0 Å². The molecule has 0 amide bonds. The number of nitrogens with zero attached hydrogens (tertiary/aromatic N) is 1. The Morgan fingerprint density at radius 2 is 1.60 bits per heavy atom. The third kappa shape index (κ3) is 4.15. The monoisotopic (exact) mass is 269 g/mol. The van der Waals surface area contributed by atoms with Gasteiger partial charge in [-0.1, -0.05) is 24.3 Å². The molecular weight excluding hydrogens is 246 g/mol. The van der Waals surface area contributed by atoms with Gasteiger partial charge in [0.25, 0.3) is 0 Å². The lowest BCUT2D eigenvalue weighted by Crippen LogP contribution is -2.26. The molecule has 3 nitrogen and oxygen atoms in total. The summed E-state index contributed by atoms with van der Waals surface area (Å²) in [6.07, 6.45) is 4.64. The van der Waals surface area contributed by atoms with E-state index >= 15 is 0 Å². The number of rotatable bonds is 6. The van der Waals surface area contributed by atoms with Gasteiger partial charge in [0.05, 0.1) is 0 Å². The Hall–Kier alpha value is -1.71. The van der Waals surface area contributed by atoms with Gasteiger partial charge in [-0.15, -0.1) is 0 Å². The third-order valence-corrected chi connectivity index (χ3v) is 3.47. The molecule has 0 fully saturated rings. The molecule has 1 heterocycles. The van der Waals surface area contributed by atoms with Crippen LogP contribution in [0.1, 0.15) is 31.9 Å². The minimum Gasteiger partial charge on any atom is -0.328 e. The summed E-state index contributed by atoms with van der Waals surface area (Å²) in [6, 6.07) is 13.3. The van der Waals surface area contributed by atoms with Gasteiger partial charge in [0.1, 0.15) is 0 Å². The summed E-state index contributed by atoms with van der Waals surface area (Å²) >= 11 is 0. The topological polar surface area (TPSA) is 50.9 Å². The highest BCUT2D eigenvalue weighted by Gasteiger charge is 2.05. The number of aromatic nitrogens is 1. The summed E-state index contributed by atoms with van der Waals surface area (Å²) in [5, 5.41) is 3.50. The molecule has 0 aliphatic rings. The normalized spacial score (nSPS) is 13.9. The average molecular weight is 269 g/mol. The molecule has 2 unspecified atom stereocenters. The van der Waals surface area contributed by atoms with Crippen LogP contribution in [0.15, 0.2) is 48.8 Å². The number of nitrogens with two attached hydrogens (primary N) is 1. The molecule has 0 aliphatic heterocycles. The highest BCUT2D eigenvalue weighted by atomic mass is 14.9. The quantitative estimate of drug-likeness (QED) is 0.847. The van der Waals surface area contributed by atoms with E-state index in [1.165, 1.54) is 16.7 Å². The highest BCUT2D eigenvalue weighted by Crippen LogP contribution is 2.21. The Bertz CT molecular complexity index is 506. The van der Waals surface area contributed by atoms with Gasteiger partial charge in [0.15, 0.2) is 0 Å². The Balaban J connectivity index is 1.97. The van der Waals surface area contributed by atoms with E-state index in [9.17, 15) is 0 Å². The minimum atomic E-state index is 0.253. The van der Waals surface area contributed by atoms with E-state index < -0.39 is 0 Å². The summed E-state index contributed by atoms with van der Waals surface area (Å²) in [7, 11) is 0. The van der Waals surface area contributed by atoms with Gasteiger partial charge < -0.3 is 11.1 Å². The third-order valence-electron chi connectivity index (χ3n) is 3.47. The van der Waals surface area contributed by atoms with Gasteiger partial charge in [0, 0.05) is 24.5 Å². The van der Waals surface area contributed by atoms with Crippen LogP contribution in [0.25, 0.3) is 11.1 Å². The van der Waals surface area contributed by atoms with Crippen LogP contribution in [0.4, 0.5) is 0 Å². The second-order valence-electron chi connectivity index (χ2n) is 5.30. The molecule has 0 aliphatic carbocycles. The van der Waals surface area contributed by atoms with Crippen molar-refractivity contribution in [1.29, 1.82) is 0 Å². The second kappa shape index (κ2) is 7.17. The molecular formula is C17H23N3. The zero-order valence-corrected chi connectivity index (χ0v) is 12.2. The number of hydrogen-bond donors (Lipinski definition) is 2. The van der Waals surface area contributed by atoms with Crippen LogP contribution in [0, 0.1) is 0 Å². The van der Waals surface area contributed by atoms with Crippen molar-refractivity contribution in [3.8, 4) is 11.1 Å². The van der Waals surface area contributed by atoms with Crippen LogP contribution in [0.5, 0.6) is 0 Å². The van der Waals surface area contributed by atoms with Crippen molar-refractivity contribution in [3.63, 3.8) is 0 Å². The Morgan fingerprint density at radius 1 is 1.00 bits per heavy atom. The van der Waals surface area contributed by atoms with Crippen molar-refractivity contribution in [1.82, 2.24) is 10.3 Å². The van der Waals surface area contributed by atoms with Gasteiger partial charge in [0.2, 0.25) is 0 Å².